The number of nitrogens with one attached hydrogen (secondary N) is 5. The summed E-state index contributed by atoms with van der Waals surface area (Å²) < 4.78 is 37.9. The third-order valence-corrected chi connectivity index (χ3v) is 23.8. The highest BCUT2D eigenvalue weighted by Gasteiger charge is 2.44. The molecule has 6 aromatic carbocycles. The maximum absolute atomic E-state index is 14.9. The van der Waals surface area contributed by atoms with E-state index < -0.39 is 56.8 Å². The number of unbranched alkanes of at least 4 members (excludes halogenated alkanes) is 3. The summed E-state index contributed by atoms with van der Waals surface area (Å²) in [6.45, 7) is 22.5. The molecule has 27 nitrogen and oxygen atoms in total. The van der Waals surface area contributed by atoms with Crippen LogP contribution in [0.15, 0.2) is 179 Å². The maximum atomic E-state index is 14.9. The van der Waals surface area contributed by atoms with Crippen molar-refractivity contribution in [1.29, 1.82) is 0 Å². The van der Waals surface area contributed by atoms with E-state index in [2.05, 4.69) is 134 Å². The maximum Gasteiger partial charge on any atom is 0.326 e. The number of nitrogens with zero attached hydrogens (tertiary/aromatic N) is 12. The van der Waals surface area contributed by atoms with Crippen molar-refractivity contribution in [2.45, 2.75) is 205 Å². The first-order valence-corrected chi connectivity index (χ1v) is 43.1. The van der Waals surface area contributed by atoms with Gasteiger partial charge in [-0.2, -0.15) is 18.6 Å². The second kappa shape index (κ2) is 40.7. The van der Waals surface area contributed by atoms with Gasteiger partial charge in [0, 0.05) is 149 Å². The monoisotopic (exact) mass is 1610 g/mol. The van der Waals surface area contributed by atoms with Crippen molar-refractivity contribution in [3.8, 4) is 5.69 Å². The molecular formula is C89H116N17O10S+. The van der Waals surface area contributed by atoms with Gasteiger partial charge in [-0.3, -0.25) is 33.2 Å². The number of likely N-dealkylation sites (N-methyl/N-ethyl adjacent to an activating group) is 1. The predicted molar refractivity (Wildman–Crippen MR) is 458 cm³/mol. The van der Waals surface area contributed by atoms with Gasteiger partial charge < -0.3 is 56.2 Å². The highest BCUT2D eigenvalue weighted by Crippen LogP contribution is 2.50. The fraction of sp³-hybridized carbons (Fsp3) is 0.461. The van der Waals surface area contributed by atoms with E-state index in [1.165, 1.54) is 6.07 Å². The summed E-state index contributed by atoms with van der Waals surface area (Å²) in [4.78, 5) is 99.1. The van der Waals surface area contributed by atoms with Gasteiger partial charge in [0.15, 0.2) is 0 Å². The minimum absolute atomic E-state index is 0.0123. The van der Waals surface area contributed by atoms with Crippen molar-refractivity contribution in [2.24, 2.45) is 10.2 Å². The quantitative estimate of drug-likeness (QED) is 0.00617. The summed E-state index contributed by atoms with van der Waals surface area (Å²) >= 11 is 0. The van der Waals surface area contributed by atoms with Gasteiger partial charge in [-0.1, -0.05) is 82.0 Å². The zero-order valence-electron chi connectivity index (χ0n) is 69.0. The van der Waals surface area contributed by atoms with E-state index in [1.807, 2.05) is 119 Å². The number of piperazine rings is 1. The molecule has 3 aliphatic rings. The average Bonchev–Trinajstić information content (AvgIpc) is 1.61. The second-order valence-corrected chi connectivity index (χ2v) is 32.9. The van der Waals surface area contributed by atoms with Crippen LogP contribution in [0.2, 0.25) is 0 Å². The molecule has 117 heavy (non-hydrogen) atoms. The summed E-state index contributed by atoms with van der Waals surface area (Å²) in [5.41, 5.74) is 10.8. The Hall–Kier alpha value is -11.0. The van der Waals surface area contributed by atoms with Gasteiger partial charge in [-0.05, 0) is 208 Å². The van der Waals surface area contributed by atoms with Crippen LogP contribution in [-0.4, -0.2) is 168 Å². The number of carboxylic acids is 1. The number of aliphatic carboxylic acids is 1. The molecule has 1 saturated heterocycles. The normalized spacial score (nSPS) is 16.0. The lowest BCUT2D eigenvalue weighted by Gasteiger charge is -2.38. The first kappa shape index (κ1) is 86.9. The predicted octanol–water partition coefficient (Wildman–Crippen LogP) is 13.3. The molecule has 3 atom stereocenters. The SMILES string of the molecule is C/C=C/C=C1/N(C(C)CCCCC(=O)NCc2cn(CCCCC(NC(=O)[C@H](CCCCNC(=O)CCCN(C)c3ccc(N=Nc4ccc5nc6ccc(N(CC)CC)cc6[n+](-c6ccccc6)c5c4)cc3)NC(=O)C3(NC(=O)c4ccc(N5CCN(CC)CC5)cc4)CCCCC3)C(=O)O)nn2)c2ccc(S(=O)(=O)O)cc2C1(C)C. The van der Waals surface area contributed by atoms with Crippen LogP contribution in [0.25, 0.3) is 27.8 Å². The number of para-hydroxylation sites is 1. The fourth-order valence-electron chi connectivity index (χ4n) is 16.1. The van der Waals surface area contributed by atoms with E-state index in [1.54, 1.807) is 35.1 Å². The zero-order chi connectivity index (χ0) is 83.2. The number of hydrogen-bond acceptors (Lipinski definition) is 18. The van der Waals surface area contributed by atoms with E-state index in [0.717, 1.165) is 127 Å². The largest absolute Gasteiger partial charge is 0.480 e. The topological polar surface area (TPSA) is 326 Å². The number of fused-ring (bicyclic) bond motifs is 3. The van der Waals surface area contributed by atoms with E-state index in [0.29, 0.717) is 113 Å². The van der Waals surface area contributed by atoms with Gasteiger partial charge in [-0.15, -0.1) is 9.67 Å². The molecule has 0 bridgehead atoms. The Kier molecular flexibility index (Phi) is 30.3. The summed E-state index contributed by atoms with van der Waals surface area (Å²) in [6.07, 6.45) is 15.7. The average molecular weight is 1620 g/mol. The molecule has 1 saturated carbocycles. The van der Waals surface area contributed by atoms with Gasteiger partial charge in [-0.25, -0.2) is 9.78 Å². The number of amides is 5. The van der Waals surface area contributed by atoms with Crippen LogP contribution < -0.4 is 50.8 Å². The van der Waals surface area contributed by atoms with Crippen LogP contribution in [0.1, 0.15) is 179 Å². The molecule has 2 aromatic heterocycles. The van der Waals surface area contributed by atoms with Gasteiger partial charge in [0.2, 0.25) is 40.3 Å². The van der Waals surface area contributed by atoms with Crippen molar-refractivity contribution in [2.75, 3.05) is 85.6 Å². The number of azo groups is 1. The molecule has 0 radical (unpaired) electrons. The molecule has 11 rings (SSSR count). The molecule has 28 heteroatoms. The number of carboxylic acid groups (broad SMARTS) is 1. The van der Waals surface area contributed by atoms with Crippen molar-refractivity contribution in [3.63, 3.8) is 0 Å². The molecule has 7 N–H and O–H groups in total. The highest BCUT2D eigenvalue weighted by atomic mass is 32.2. The molecule has 2 fully saturated rings. The van der Waals surface area contributed by atoms with Crippen molar-refractivity contribution in [1.82, 2.24) is 51.5 Å². The molecule has 622 valence electrons. The Labute approximate surface area is 687 Å². The van der Waals surface area contributed by atoms with Crippen LogP contribution in [0, 0.1) is 0 Å². The summed E-state index contributed by atoms with van der Waals surface area (Å²) in [5.74, 6) is -3.10. The molecule has 2 unspecified atom stereocenters. The number of benzene rings is 6. The standard InChI is InChI=1S/C89H115N17O10S/c1-9-13-32-81-88(6,7)73-60-72(117(114,115)116)45-48-78(73)105(81)63(5)27-18-19-33-83(108)91-61-67-62-104(99-98-67)53-25-21-31-77(86(111)112)93-85(110)76(94-87(113)89(49-22-15-23-50-89)95-84(109)64-35-40-69(41-36-64)103-56-54-101(10-2)55-57-103)30-20-24-51-90-82(107)34-26-52-100(8)68-42-37-65(38-43-68)96-97-66-39-46-74-79(58-66)106(70-28-16-14-17-29-70)80-59-71(102(11-3)12-4)44-47-75(80)92-74/h9,13-14,16-17,28-29,32,35-48,58-60,62-63,76-77H,10-12,15,18-27,30-31,33-34,49-57,61H2,1-8H3,(H6-,90,91,93,94,95,107,108,109,110,111,112,113,114,115,116)/p+1/b13-9+,81-32+/t63?,76-,77?/m0/s1. The van der Waals surface area contributed by atoms with Crippen LogP contribution >= 0.6 is 0 Å². The van der Waals surface area contributed by atoms with Gasteiger partial charge >= 0.3 is 5.97 Å². The molecule has 4 heterocycles. The smallest absolute Gasteiger partial charge is 0.326 e. The number of carbonyl (C=O) groups excluding carboxylic acids is 5. The summed E-state index contributed by atoms with van der Waals surface area (Å²) in [6, 6.07) is 40.1. The number of aryl methyl sites for hydroxylation is 1. The Morgan fingerprint density at radius 1 is 0.701 bits per heavy atom. The van der Waals surface area contributed by atoms with Crippen molar-refractivity contribution in [3.05, 3.63) is 180 Å². The molecule has 5 amide bonds. The molecular weight excluding hydrogens is 1500 g/mol. The molecule has 2 aliphatic heterocycles. The third-order valence-electron chi connectivity index (χ3n) is 23.0. The minimum atomic E-state index is -4.40. The second-order valence-electron chi connectivity index (χ2n) is 31.4. The minimum Gasteiger partial charge on any atom is -0.480 e. The number of allylic oxidation sites excluding steroid dienone is 4. The highest BCUT2D eigenvalue weighted by molar-refractivity contribution is 7.85. The molecule has 8 aromatic rings. The lowest BCUT2D eigenvalue weighted by atomic mass is 9.80. The Morgan fingerprint density at radius 2 is 1.36 bits per heavy atom. The number of anilines is 4. The number of carbonyl (C=O) groups is 6. The van der Waals surface area contributed by atoms with Crippen LogP contribution in [0.4, 0.5) is 34.1 Å². The molecule has 1 aliphatic carbocycles. The Balaban J connectivity index is 0.652. The van der Waals surface area contributed by atoms with Gasteiger partial charge in [0.1, 0.15) is 34.3 Å². The summed E-state index contributed by atoms with van der Waals surface area (Å²) in [7, 11) is -2.42. The van der Waals surface area contributed by atoms with Gasteiger partial charge in [0.25, 0.3) is 16.0 Å². The van der Waals surface area contributed by atoms with Crippen LogP contribution in [-0.2, 0) is 52.6 Å². The van der Waals surface area contributed by atoms with E-state index in [9.17, 15) is 46.8 Å². The van der Waals surface area contributed by atoms with Gasteiger partial charge in [0.05, 0.1) is 29.0 Å². The van der Waals surface area contributed by atoms with Crippen LogP contribution in [0.5, 0.6) is 0 Å². The van der Waals surface area contributed by atoms with Crippen molar-refractivity contribution < 1.29 is 51.4 Å². The Bertz CT molecular complexity index is 4960. The number of hydrogen-bond donors (Lipinski definition) is 7. The Morgan fingerprint density at radius 3 is 2.06 bits per heavy atom. The summed E-state index contributed by atoms with van der Waals surface area (Å²) in [5, 5.41) is 43.1. The third kappa shape index (κ3) is 22.6. The number of aromatic nitrogens is 5. The van der Waals surface area contributed by atoms with E-state index >= 15 is 0 Å². The lowest BCUT2D eigenvalue weighted by Crippen LogP contribution is -2.63. The fourth-order valence-corrected chi connectivity index (χ4v) is 16.6. The number of rotatable bonds is 40. The van der Waals surface area contributed by atoms with E-state index in [-0.39, 0.29) is 48.6 Å². The van der Waals surface area contributed by atoms with Crippen LogP contribution in [0.3, 0.4) is 0 Å². The van der Waals surface area contributed by atoms with E-state index in [4.69, 9.17) is 4.98 Å². The van der Waals surface area contributed by atoms with Crippen molar-refractivity contribution >= 4 is 102 Å². The molecule has 0 spiro atoms. The lowest BCUT2D eigenvalue weighted by molar-refractivity contribution is -0.538. The first-order valence-electron chi connectivity index (χ1n) is 41.6. The first-order chi connectivity index (χ1) is 56.4. The zero-order valence-corrected chi connectivity index (χ0v) is 69.8.